The minimum Gasteiger partial charge on any atom is -0.349 e. The first-order valence-corrected chi connectivity index (χ1v) is 9.22. The Balaban J connectivity index is 1.80. The average molecular weight is 401 g/mol. The summed E-state index contributed by atoms with van der Waals surface area (Å²) in [4.78, 5) is 25.1. The molecule has 3 heterocycles. The number of nitrogens with zero attached hydrogens (tertiary/aromatic N) is 3. The second kappa shape index (κ2) is 7.75. The third-order valence-corrected chi connectivity index (χ3v) is 4.90. The molecule has 0 aliphatic carbocycles. The highest BCUT2D eigenvalue weighted by molar-refractivity contribution is 6.02. The van der Waals surface area contributed by atoms with E-state index in [1.54, 1.807) is 0 Å². The van der Waals surface area contributed by atoms with E-state index >= 15 is 0 Å². The van der Waals surface area contributed by atoms with Gasteiger partial charge in [-0.2, -0.15) is 13.2 Å². The van der Waals surface area contributed by atoms with Gasteiger partial charge >= 0.3 is 6.18 Å². The van der Waals surface area contributed by atoms with Crippen molar-refractivity contribution in [2.75, 3.05) is 13.1 Å². The maximum absolute atomic E-state index is 13.6. The Morgan fingerprint density at radius 2 is 2.07 bits per heavy atom. The van der Waals surface area contributed by atoms with E-state index in [1.165, 1.54) is 36.8 Å². The summed E-state index contributed by atoms with van der Waals surface area (Å²) in [6.07, 6.45) is 0.126. The van der Waals surface area contributed by atoms with Crippen molar-refractivity contribution in [3.8, 4) is 11.1 Å². The predicted octanol–water partition coefficient (Wildman–Crippen LogP) is 3.19. The van der Waals surface area contributed by atoms with Crippen molar-refractivity contribution in [3.05, 3.63) is 54.1 Å². The normalized spacial score (nSPS) is 16.9. The molecule has 0 spiro atoms. The first-order chi connectivity index (χ1) is 13.9. The molecule has 1 unspecified atom stereocenters. The first kappa shape index (κ1) is 19.3. The molecule has 3 aromatic rings. The van der Waals surface area contributed by atoms with Crippen LogP contribution in [0.25, 0.3) is 22.2 Å². The van der Waals surface area contributed by atoms with Gasteiger partial charge in [-0.15, -0.1) is 0 Å². The minimum absolute atomic E-state index is 0.0918. The predicted molar refractivity (Wildman–Crippen MR) is 101 cm³/mol. The van der Waals surface area contributed by atoms with Crippen molar-refractivity contribution in [1.82, 2.24) is 25.6 Å². The van der Waals surface area contributed by atoms with Gasteiger partial charge in [0.1, 0.15) is 12.0 Å². The molecule has 4 rings (SSSR count). The van der Waals surface area contributed by atoms with Crippen LogP contribution in [-0.2, 0) is 6.18 Å². The van der Waals surface area contributed by atoms with Crippen LogP contribution in [0.15, 0.2) is 42.9 Å². The fourth-order valence-electron chi connectivity index (χ4n) is 3.49. The Bertz CT molecular complexity index is 1050. The zero-order valence-corrected chi connectivity index (χ0v) is 15.3. The number of hydrogen-bond acceptors (Lipinski definition) is 5. The first-order valence-electron chi connectivity index (χ1n) is 9.22. The van der Waals surface area contributed by atoms with E-state index in [0.717, 1.165) is 25.5 Å². The molecular weight excluding hydrogens is 383 g/mol. The van der Waals surface area contributed by atoms with Gasteiger partial charge in [0.05, 0.1) is 5.56 Å². The number of nitrogens with one attached hydrogen (secondary N) is 2. The number of benzene rings is 1. The van der Waals surface area contributed by atoms with Crippen molar-refractivity contribution in [3.63, 3.8) is 0 Å². The van der Waals surface area contributed by atoms with Gasteiger partial charge in [-0.1, -0.05) is 18.2 Å². The van der Waals surface area contributed by atoms with Crippen LogP contribution in [0.3, 0.4) is 0 Å². The van der Waals surface area contributed by atoms with Crippen LogP contribution in [0.4, 0.5) is 13.2 Å². The van der Waals surface area contributed by atoms with E-state index in [2.05, 4.69) is 25.6 Å². The molecule has 29 heavy (non-hydrogen) atoms. The Hall–Kier alpha value is -3.07. The number of carbonyl (C=O) groups is 1. The van der Waals surface area contributed by atoms with Gasteiger partial charge in [-0.05, 0) is 37.1 Å². The highest BCUT2D eigenvalue weighted by Crippen LogP contribution is 2.38. The van der Waals surface area contributed by atoms with Gasteiger partial charge in [0.2, 0.25) is 0 Å². The lowest BCUT2D eigenvalue weighted by molar-refractivity contribution is -0.137. The van der Waals surface area contributed by atoms with E-state index in [9.17, 15) is 18.0 Å². The molecule has 2 aromatic heterocycles. The van der Waals surface area contributed by atoms with E-state index < -0.39 is 17.6 Å². The summed E-state index contributed by atoms with van der Waals surface area (Å²) in [7, 11) is 0. The van der Waals surface area contributed by atoms with Crippen LogP contribution in [-0.4, -0.2) is 40.0 Å². The van der Waals surface area contributed by atoms with Crippen LogP contribution < -0.4 is 10.6 Å². The molecule has 1 atom stereocenters. The van der Waals surface area contributed by atoms with Crippen molar-refractivity contribution in [2.24, 2.45) is 0 Å². The van der Waals surface area contributed by atoms with Crippen LogP contribution in [0.5, 0.6) is 0 Å². The van der Waals surface area contributed by atoms with Crippen molar-refractivity contribution in [1.29, 1.82) is 0 Å². The molecule has 1 aliphatic rings. The summed E-state index contributed by atoms with van der Waals surface area (Å²) < 4.78 is 40.7. The highest BCUT2D eigenvalue weighted by atomic mass is 19.4. The number of amides is 1. The number of hydrogen-bond donors (Lipinski definition) is 2. The second-order valence-electron chi connectivity index (χ2n) is 6.87. The number of fused-ring (bicyclic) bond motifs is 1. The smallest absolute Gasteiger partial charge is 0.349 e. The molecule has 1 aromatic carbocycles. The number of halogens is 3. The summed E-state index contributed by atoms with van der Waals surface area (Å²) in [5.41, 5.74) is -0.688. The molecule has 0 bridgehead atoms. The second-order valence-corrected chi connectivity index (χ2v) is 6.87. The summed E-state index contributed by atoms with van der Waals surface area (Å²) in [6, 6.07) is 6.77. The van der Waals surface area contributed by atoms with Gasteiger partial charge in [0, 0.05) is 29.7 Å². The molecule has 150 valence electrons. The fourth-order valence-corrected chi connectivity index (χ4v) is 3.49. The fraction of sp³-hybridized carbons (Fsp3) is 0.300. The topological polar surface area (TPSA) is 79.8 Å². The molecule has 0 saturated carbocycles. The molecule has 9 heteroatoms. The van der Waals surface area contributed by atoms with E-state index in [1.807, 2.05) is 0 Å². The Morgan fingerprint density at radius 1 is 1.24 bits per heavy atom. The number of alkyl halides is 3. The van der Waals surface area contributed by atoms with Gasteiger partial charge in [-0.25, -0.2) is 15.0 Å². The van der Waals surface area contributed by atoms with Crippen molar-refractivity contribution < 1.29 is 18.0 Å². The number of carbonyl (C=O) groups excluding carboxylic acids is 1. The zero-order chi connectivity index (χ0) is 20.4. The molecular formula is C20H18F3N5O. The standard InChI is InChI=1S/C20H18F3N5O/c21-20(22,23)16-6-2-1-5-14(16)15-8-12-9-24-11-27-18(12)28-17(15)19(29)26-10-13-4-3-7-25-13/h1-2,5-6,8-9,11,13,25H,3-4,7,10H2,(H,26,29). The maximum atomic E-state index is 13.6. The summed E-state index contributed by atoms with van der Waals surface area (Å²) in [5, 5.41) is 6.50. The van der Waals surface area contributed by atoms with Gasteiger partial charge in [0.25, 0.3) is 5.91 Å². The third-order valence-electron chi connectivity index (χ3n) is 4.90. The quantitative estimate of drug-likeness (QED) is 0.702. The molecule has 2 N–H and O–H groups in total. The third kappa shape index (κ3) is 4.04. The lowest BCUT2D eigenvalue weighted by atomic mass is 9.96. The zero-order valence-electron chi connectivity index (χ0n) is 15.3. The molecule has 0 radical (unpaired) electrons. The Labute approximate surface area is 164 Å². The molecule has 6 nitrogen and oxygen atoms in total. The molecule has 1 amide bonds. The van der Waals surface area contributed by atoms with E-state index in [4.69, 9.17) is 0 Å². The van der Waals surface area contributed by atoms with Crippen molar-refractivity contribution >= 4 is 16.9 Å². The van der Waals surface area contributed by atoms with Crippen LogP contribution in [0.2, 0.25) is 0 Å². The summed E-state index contributed by atoms with van der Waals surface area (Å²) in [6.45, 7) is 1.26. The number of pyridine rings is 1. The van der Waals surface area contributed by atoms with Crippen LogP contribution >= 0.6 is 0 Å². The Morgan fingerprint density at radius 3 is 2.83 bits per heavy atom. The molecule has 1 fully saturated rings. The average Bonchev–Trinajstić information content (AvgIpc) is 3.24. The molecule has 1 aliphatic heterocycles. The SMILES string of the molecule is O=C(NCC1CCCN1)c1nc2ncncc2cc1-c1ccccc1C(F)(F)F. The lowest BCUT2D eigenvalue weighted by Gasteiger charge is -2.17. The lowest BCUT2D eigenvalue weighted by Crippen LogP contribution is -2.37. The van der Waals surface area contributed by atoms with E-state index in [0.29, 0.717) is 11.9 Å². The molecule has 1 saturated heterocycles. The van der Waals surface area contributed by atoms with Gasteiger partial charge < -0.3 is 10.6 Å². The maximum Gasteiger partial charge on any atom is 0.417 e. The minimum atomic E-state index is -4.57. The van der Waals surface area contributed by atoms with Crippen LogP contribution in [0.1, 0.15) is 28.9 Å². The summed E-state index contributed by atoms with van der Waals surface area (Å²) >= 11 is 0. The van der Waals surface area contributed by atoms with Crippen molar-refractivity contribution in [2.45, 2.75) is 25.1 Å². The summed E-state index contributed by atoms with van der Waals surface area (Å²) in [5.74, 6) is -0.536. The number of aromatic nitrogens is 3. The van der Waals surface area contributed by atoms with Gasteiger partial charge in [-0.3, -0.25) is 4.79 Å². The van der Waals surface area contributed by atoms with E-state index in [-0.39, 0.29) is 28.5 Å². The number of rotatable bonds is 4. The monoisotopic (exact) mass is 401 g/mol. The largest absolute Gasteiger partial charge is 0.417 e. The highest BCUT2D eigenvalue weighted by Gasteiger charge is 2.34. The Kier molecular flexibility index (Phi) is 5.14. The van der Waals surface area contributed by atoms with Crippen LogP contribution in [0, 0.1) is 0 Å². The van der Waals surface area contributed by atoms with Gasteiger partial charge in [0.15, 0.2) is 5.65 Å².